The Labute approximate surface area is 85.0 Å². The summed E-state index contributed by atoms with van der Waals surface area (Å²) in [5.41, 5.74) is 2.25. The standard InChI is InChI=1S/C9H10BrNO2/c1-3-7-5-9(11(12)13)8(10)4-6(7)2/h4-5H,3H2,1-2H3. The average molecular weight is 244 g/mol. The number of benzene rings is 1. The number of rotatable bonds is 2. The maximum absolute atomic E-state index is 10.6. The summed E-state index contributed by atoms with van der Waals surface area (Å²) in [7, 11) is 0. The summed E-state index contributed by atoms with van der Waals surface area (Å²) in [5, 5.41) is 10.6. The van der Waals surface area contributed by atoms with E-state index in [0.717, 1.165) is 17.5 Å². The van der Waals surface area contributed by atoms with Crippen molar-refractivity contribution in [1.29, 1.82) is 0 Å². The van der Waals surface area contributed by atoms with Crippen molar-refractivity contribution in [2.45, 2.75) is 20.3 Å². The number of nitrogens with zero attached hydrogens (tertiary/aromatic N) is 1. The van der Waals surface area contributed by atoms with Crippen LogP contribution in [0, 0.1) is 17.0 Å². The van der Waals surface area contributed by atoms with Crippen molar-refractivity contribution in [3.05, 3.63) is 37.8 Å². The second kappa shape index (κ2) is 3.87. The summed E-state index contributed by atoms with van der Waals surface area (Å²) in [6, 6.07) is 3.41. The second-order valence-electron chi connectivity index (χ2n) is 2.84. The zero-order valence-corrected chi connectivity index (χ0v) is 9.09. The molecule has 3 nitrogen and oxygen atoms in total. The lowest BCUT2D eigenvalue weighted by Gasteiger charge is -2.03. The number of nitro benzene ring substituents is 1. The summed E-state index contributed by atoms with van der Waals surface area (Å²) < 4.78 is 0.548. The van der Waals surface area contributed by atoms with Gasteiger partial charge in [0, 0.05) is 6.07 Å². The molecule has 0 aromatic heterocycles. The van der Waals surface area contributed by atoms with Gasteiger partial charge in [0.05, 0.1) is 9.40 Å². The molecule has 70 valence electrons. The highest BCUT2D eigenvalue weighted by atomic mass is 79.9. The van der Waals surface area contributed by atoms with Crippen LogP contribution in [0.15, 0.2) is 16.6 Å². The Hall–Kier alpha value is -0.900. The van der Waals surface area contributed by atoms with Crippen LogP contribution < -0.4 is 0 Å². The Morgan fingerprint density at radius 3 is 2.62 bits per heavy atom. The Kier molecular flexibility index (Phi) is 3.03. The van der Waals surface area contributed by atoms with E-state index in [2.05, 4.69) is 15.9 Å². The van der Waals surface area contributed by atoms with Gasteiger partial charge in [-0.05, 0) is 46.5 Å². The lowest BCUT2D eigenvalue weighted by atomic mass is 10.1. The lowest BCUT2D eigenvalue weighted by Crippen LogP contribution is -1.94. The molecule has 0 aliphatic rings. The van der Waals surface area contributed by atoms with Gasteiger partial charge >= 0.3 is 0 Å². The molecule has 0 atom stereocenters. The number of hydrogen-bond donors (Lipinski definition) is 0. The van der Waals surface area contributed by atoms with Crippen molar-refractivity contribution in [1.82, 2.24) is 0 Å². The summed E-state index contributed by atoms with van der Waals surface area (Å²) in [5.74, 6) is 0. The molecule has 13 heavy (non-hydrogen) atoms. The van der Waals surface area contributed by atoms with Gasteiger partial charge in [0.15, 0.2) is 0 Å². The van der Waals surface area contributed by atoms with E-state index >= 15 is 0 Å². The summed E-state index contributed by atoms with van der Waals surface area (Å²) in [6.45, 7) is 3.94. The first-order valence-electron chi connectivity index (χ1n) is 3.99. The molecule has 0 heterocycles. The number of aryl methyl sites for hydroxylation is 2. The summed E-state index contributed by atoms with van der Waals surface area (Å²) in [4.78, 5) is 10.2. The van der Waals surface area contributed by atoms with E-state index in [1.807, 2.05) is 13.8 Å². The van der Waals surface area contributed by atoms with Gasteiger partial charge in [-0.3, -0.25) is 10.1 Å². The Bertz CT molecular complexity index is 350. The third-order valence-corrected chi connectivity index (χ3v) is 2.62. The normalized spacial score (nSPS) is 10.1. The molecule has 0 saturated carbocycles. The van der Waals surface area contributed by atoms with E-state index in [1.54, 1.807) is 12.1 Å². The smallest absolute Gasteiger partial charge is 0.258 e. The molecule has 0 radical (unpaired) electrons. The van der Waals surface area contributed by atoms with Crippen LogP contribution in [0.2, 0.25) is 0 Å². The van der Waals surface area contributed by atoms with Gasteiger partial charge in [0.25, 0.3) is 5.69 Å². The Morgan fingerprint density at radius 1 is 1.54 bits per heavy atom. The van der Waals surface area contributed by atoms with Crippen molar-refractivity contribution in [2.24, 2.45) is 0 Å². The highest BCUT2D eigenvalue weighted by molar-refractivity contribution is 9.10. The van der Waals surface area contributed by atoms with Crippen LogP contribution in [0.25, 0.3) is 0 Å². The molecule has 0 bridgehead atoms. The fraction of sp³-hybridized carbons (Fsp3) is 0.333. The molecule has 1 aromatic rings. The van der Waals surface area contributed by atoms with Crippen LogP contribution >= 0.6 is 15.9 Å². The number of nitro groups is 1. The summed E-state index contributed by atoms with van der Waals surface area (Å²) in [6.07, 6.45) is 0.819. The molecule has 0 spiro atoms. The van der Waals surface area contributed by atoms with Crippen LogP contribution in [0.3, 0.4) is 0 Å². The minimum atomic E-state index is -0.372. The zero-order chi connectivity index (χ0) is 10.0. The molecule has 0 aliphatic heterocycles. The molecule has 4 heteroatoms. The fourth-order valence-electron chi connectivity index (χ4n) is 1.23. The SMILES string of the molecule is CCc1cc([N+](=O)[O-])c(Br)cc1C. The van der Waals surface area contributed by atoms with E-state index in [1.165, 1.54) is 0 Å². The molecular weight excluding hydrogens is 234 g/mol. The predicted molar refractivity (Wildman–Crippen MR) is 54.9 cm³/mol. The van der Waals surface area contributed by atoms with Crippen LogP contribution in [-0.4, -0.2) is 4.92 Å². The molecule has 0 saturated heterocycles. The predicted octanol–water partition coefficient (Wildman–Crippen LogP) is 3.23. The van der Waals surface area contributed by atoms with E-state index in [0.29, 0.717) is 4.47 Å². The first kappa shape index (κ1) is 10.2. The highest BCUT2D eigenvalue weighted by Gasteiger charge is 2.13. The average Bonchev–Trinajstić information content (AvgIpc) is 2.03. The van der Waals surface area contributed by atoms with Gasteiger partial charge < -0.3 is 0 Å². The highest BCUT2D eigenvalue weighted by Crippen LogP contribution is 2.28. The Balaban J connectivity index is 3.30. The Morgan fingerprint density at radius 2 is 2.15 bits per heavy atom. The number of hydrogen-bond acceptors (Lipinski definition) is 2. The van der Waals surface area contributed by atoms with Crippen LogP contribution in [0.4, 0.5) is 5.69 Å². The van der Waals surface area contributed by atoms with Gasteiger partial charge in [0.1, 0.15) is 0 Å². The van der Waals surface area contributed by atoms with E-state index in [4.69, 9.17) is 0 Å². The molecule has 0 N–H and O–H groups in total. The van der Waals surface area contributed by atoms with Crippen molar-refractivity contribution in [2.75, 3.05) is 0 Å². The zero-order valence-electron chi connectivity index (χ0n) is 7.50. The van der Waals surface area contributed by atoms with Crippen LogP contribution in [0.1, 0.15) is 18.1 Å². The van der Waals surface area contributed by atoms with Gasteiger partial charge in [-0.1, -0.05) is 6.92 Å². The molecule has 0 unspecified atom stereocenters. The molecule has 0 fully saturated rings. The van der Waals surface area contributed by atoms with Gasteiger partial charge in [0.2, 0.25) is 0 Å². The van der Waals surface area contributed by atoms with E-state index in [-0.39, 0.29) is 10.6 Å². The maximum Gasteiger partial charge on any atom is 0.283 e. The van der Waals surface area contributed by atoms with Crippen molar-refractivity contribution in [3.8, 4) is 0 Å². The quantitative estimate of drug-likeness (QED) is 0.592. The van der Waals surface area contributed by atoms with Crippen molar-refractivity contribution >= 4 is 21.6 Å². The molecule has 1 aromatic carbocycles. The molecule has 0 aliphatic carbocycles. The number of halogens is 1. The van der Waals surface area contributed by atoms with E-state index in [9.17, 15) is 10.1 Å². The fourth-order valence-corrected chi connectivity index (χ4v) is 1.83. The largest absolute Gasteiger partial charge is 0.283 e. The maximum atomic E-state index is 10.6. The first-order valence-corrected chi connectivity index (χ1v) is 4.79. The van der Waals surface area contributed by atoms with Crippen LogP contribution in [0.5, 0.6) is 0 Å². The minimum absolute atomic E-state index is 0.141. The van der Waals surface area contributed by atoms with Gasteiger partial charge in [-0.25, -0.2) is 0 Å². The molecule has 1 rings (SSSR count). The van der Waals surface area contributed by atoms with Gasteiger partial charge in [-0.2, -0.15) is 0 Å². The van der Waals surface area contributed by atoms with Crippen molar-refractivity contribution < 1.29 is 4.92 Å². The summed E-state index contributed by atoms with van der Waals surface area (Å²) >= 11 is 3.17. The molecular formula is C9H10BrNO2. The third-order valence-electron chi connectivity index (χ3n) is 1.98. The monoisotopic (exact) mass is 243 g/mol. The van der Waals surface area contributed by atoms with Gasteiger partial charge in [-0.15, -0.1) is 0 Å². The molecule has 0 amide bonds. The first-order chi connectivity index (χ1) is 6.06. The van der Waals surface area contributed by atoms with Crippen LogP contribution in [-0.2, 0) is 6.42 Å². The van der Waals surface area contributed by atoms with Crippen molar-refractivity contribution in [3.63, 3.8) is 0 Å². The second-order valence-corrected chi connectivity index (χ2v) is 3.70. The van der Waals surface area contributed by atoms with E-state index < -0.39 is 0 Å². The minimum Gasteiger partial charge on any atom is -0.258 e. The third kappa shape index (κ3) is 2.06. The topological polar surface area (TPSA) is 43.1 Å². The lowest BCUT2D eigenvalue weighted by molar-refractivity contribution is -0.385.